The van der Waals surface area contributed by atoms with Crippen LogP contribution >= 0.6 is 0 Å². The summed E-state index contributed by atoms with van der Waals surface area (Å²) in [7, 11) is 0. The zero-order chi connectivity index (χ0) is 13.2. The first-order chi connectivity index (χ1) is 8.72. The van der Waals surface area contributed by atoms with Crippen LogP contribution in [0, 0.1) is 0 Å². The quantitative estimate of drug-likeness (QED) is 0.537. The first-order valence-electron chi connectivity index (χ1n) is 8.03. The summed E-state index contributed by atoms with van der Waals surface area (Å²) < 4.78 is 11.6. The van der Waals surface area contributed by atoms with Gasteiger partial charge in [0.05, 0.1) is 12.2 Å². The minimum Gasteiger partial charge on any atom is -0.350 e. The van der Waals surface area contributed by atoms with Crippen LogP contribution in [0.15, 0.2) is 0 Å². The second-order valence-electron chi connectivity index (χ2n) is 5.82. The van der Waals surface area contributed by atoms with Gasteiger partial charge in [-0.2, -0.15) is 0 Å². The van der Waals surface area contributed by atoms with Crippen molar-refractivity contribution in [1.82, 2.24) is 0 Å². The molecule has 0 spiro atoms. The Morgan fingerprint density at radius 1 is 0.778 bits per heavy atom. The number of rotatable bonds is 9. The van der Waals surface area contributed by atoms with Gasteiger partial charge in [0.2, 0.25) is 0 Å². The number of hydrogen-bond donors (Lipinski definition) is 0. The van der Waals surface area contributed by atoms with E-state index in [1.807, 2.05) is 0 Å². The van der Waals surface area contributed by atoms with Gasteiger partial charge >= 0.3 is 0 Å². The van der Waals surface area contributed by atoms with Crippen LogP contribution in [0.25, 0.3) is 0 Å². The van der Waals surface area contributed by atoms with Crippen molar-refractivity contribution in [2.75, 3.05) is 0 Å². The van der Waals surface area contributed by atoms with Gasteiger partial charge in [0, 0.05) is 0 Å². The molecule has 0 bridgehead atoms. The van der Waals surface area contributed by atoms with Crippen molar-refractivity contribution in [3.63, 3.8) is 0 Å². The van der Waals surface area contributed by atoms with Gasteiger partial charge in [0.25, 0.3) is 0 Å². The van der Waals surface area contributed by atoms with Crippen molar-refractivity contribution in [2.24, 2.45) is 0 Å². The zero-order valence-corrected chi connectivity index (χ0v) is 12.6. The second kappa shape index (κ2) is 9.80. The van der Waals surface area contributed by atoms with Crippen molar-refractivity contribution in [3.8, 4) is 0 Å². The molecule has 108 valence electrons. The normalized spacial score (nSPS) is 28.5. The van der Waals surface area contributed by atoms with Gasteiger partial charge in [-0.25, -0.2) is 0 Å². The summed E-state index contributed by atoms with van der Waals surface area (Å²) in [4.78, 5) is 0. The summed E-state index contributed by atoms with van der Waals surface area (Å²) in [6.45, 7) is 6.58. The molecule has 18 heavy (non-hydrogen) atoms. The monoisotopic (exact) mass is 256 g/mol. The molecule has 0 aromatic rings. The lowest BCUT2D eigenvalue weighted by Crippen LogP contribution is -2.35. The second-order valence-corrected chi connectivity index (χ2v) is 5.82. The van der Waals surface area contributed by atoms with Crippen LogP contribution < -0.4 is 0 Å². The van der Waals surface area contributed by atoms with Gasteiger partial charge < -0.3 is 9.47 Å². The molecular formula is C16H32O2. The Kier molecular flexibility index (Phi) is 8.70. The van der Waals surface area contributed by atoms with Crippen molar-refractivity contribution in [2.45, 2.75) is 103 Å². The molecule has 1 rings (SSSR count). The highest BCUT2D eigenvalue weighted by atomic mass is 16.7. The van der Waals surface area contributed by atoms with Crippen molar-refractivity contribution in [1.29, 1.82) is 0 Å². The number of unbranched alkanes of at least 4 members (excludes halogenated alkanes) is 7. The van der Waals surface area contributed by atoms with Gasteiger partial charge in [-0.15, -0.1) is 0 Å². The molecule has 0 amide bonds. The molecule has 0 saturated carbocycles. The van der Waals surface area contributed by atoms with E-state index in [1.165, 1.54) is 51.4 Å². The lowest BCUT2D eigenvalue weighted by Gasteiger charge is -2.32. The van der Waals surface area contributed by atoms with Crippen LogP contribution in [-0.4, -0.2) is 18.5 Å². The van der Waals surface area contributed by atoms with Crippen molar-refractivity contribution in [3.05, 3.63) is 0 Å². The summed E-state index contributed by atoms with van der Waals surface area (Å²) in [5, 5.41) is 0. The highest BCUT2D eigenvalue weighted by Crippen LogP contribution is 2.22. The highest BCUT2D eigenvalue weighted by Gasteiger charge is 2.24. The summed E-state index contributed by atoms with van der Waals surface area (Å²) in [6.07, 6.45) is 13.8. The maximum atomic E-state index is 5.79. The van der Waals surface area contributed by atoms with E-state index >= 15 is 0 Å². The predicted octanol–water partition coefficient (Wildman–Crippen LogP) is 5.06. The third-order valence-corrected chi connectivity index (χ3v) is 3.73. The molecule has 1 heterocycles. The molecule has 0 aliphatic carbocycles. The molecular weight excluding hydrogens is 224 g/mol. The Balaban J connectivity index is 1.91. The summed E-state index contributed by atoms with van der Waals surface area (Å²) >= 11 is 0. The lowest BCUT2D eigenvalue weighted by atomic mass is 10.1. The maximum absolute atomic E-state index is 5.79. The molecule has 0 N–H and O–H groups in total. The summed E-state index contributed by atoms with van der Waals surface area (Å²) in [5.41, 5.74) is 0. The smallest absolute Gasteiger partial charge is 0.158 e. The largest absolute Gasteiger partial charge is 0.350 e. The average molecular weight is 256 g/mol. The zero-order valence-electron chi connectivity index (χ0n) is 12.6. The minimum atomic E-state index is 0.0591. The van der Waals surface area contributed by atoms with Crippen LogP contribution in [0.3, 0.4) is 0 Å². The number of ether oxygens (including phenoxy) is 2. The van der Waals surface area contributed by atoms with Crippen LogP contribution in [-0.2, 0) is 9.47 Å². The molecule has 1 saturated heterocycles. The molecule has 2 nitrogen and oxygen atoms in total. The topological polar surface area (TPSA) is 18.5 Å². The van der Waals surface area contributed by atoms with Gasteiger partial charge in [-0.1, -0.05) is 51.9 Å². The first-order valence-corrected chi connectivity index (χ1v) is 8.03. The molecule has 1 aliphatic heterocycles. The van der Waals surface area contributed by atoms with E-state index in [0.29, 0.717) is 12.2 Å². The van der Waals surface area contributed by atoms with Gasteiger partial charge in [0.15, 0.2) is 6.29 Å². The Morgan fingerprint density at radius 3 is 1.83 bits per heavy atom. The lowest BCUT2D eigenvalue weighted by molar-refractivity contribution is -0.236. The fourth-order valence-corrected chi connectivity index (χ4v) is 2.71. The van der Waals surface area contributed by atoms with Crippen LogP contribution in [0.1, 0.15) is 85.0 Å². The Hall–Kier alpha value is -0.0800. The number of hydrogen-bond acceptors (Lipinski definition) is 2. The molecule has 2 atom stereocenters. The van der Waals surface area contributed by atoms with E-state index in [2.05, 4.69) is 20.8 Å². The van der Waals surface area contributed by atoms with Crippen LogP contribution in [0.5, 0.6) is 0 Å². The summed E-state index contributed by atoms with van der Waals surface area (Å²) in [5.74, 6) is 0. The molecule has 0 aromatic carbocycles. The molecule has 1 aliphatic rings. The molecule has 0 unspecified atom stereocenters. The standard InChI is InChI=1S/C16H32O2/c1-4-5-6-7-8-9-10-11-12-16-17-14(2)13-15(3)18-16/h14-16H,4-13H2,1-3H3/t14-,15-/m1/s1. The summed E-state index contributed by atoms with van der Waals surface area (Å²) in [6, 6.07) is 0. The Morgan fingerprint density at radius 2 is 1.28 bits per heavy atom. The van der Waals surface area contributed by atoms with Crippen LogP contribution in [0.2, 0.25) is 0 Å². The van der Waals surface area contributed by atoms with Crippen LogP contribution in [0.4, 0.5) is 0 Å². The first kappa shape index (κ1) is 16.0. The SMILES string of the molecule is CCCCCCCCCCC1O[C@H](C)C[C@@H](C)O1. The molecule has 0 aromatic heterocycles. The van der Waals surface area contributed by atoms with E-state index in [1.54, 1.807) is 0 Å². The third-order valence-electron chi connectivity index (χ3n) is 3.73. The predicted molar refractivity (Wildman–Crippen MR) is 76.7 cm³/mol. The maximum Gasteiger partial charge on any atom is 0.158 e. The van der Waals surface area contributed by atoms with E-state index in [4.69, 9.17) is 9.47 Å². The Bertz CT molecular complexity index is 184. The molecule has 0 radical (unpaired) electrons. The van der Waals surface area contributed by atoms with E-state index < -0.39 is 0 Å². The van der Waals surface area contributed by atoms with Crippen molar-refractivity contribution >= 4 is 0 Å². The van der Waals surface area contributed by atoms with Gasteiger partial charge in [-0.05, 0) is 33.1 Å². The third kappa shape index (κ3) is 7.38. The molecule has 1 fully saturated rings. The van der Waals surface area contributed by atoms with Gasteiger partial charge in [0.1, 0.15) is 0 Å². The fourth-order valence-electron chi connectivity index (χ4n) is 2.71. The Labute approximate surface area is 113 Å². The average Bonchev–Trinajstić information content (AvgIpc) is 2.31. The van der Waals surface area contributed by atoms with E-state index in [-0.39, 0.29) is 6.29 Å². The molecule has 2 heteroatoms. The van der Waals surface area contributed by atoms with E-state index in [9.17, 15) is 0 Å². The van der Waals surface area contributed by atoms with Crippen molar-refractivity contribution < 1.29 is 9.47 Å². The van der Waals surface area contributed by atoms with Gasteiger partial charge in [-0.3, -0.25) is 0 Å². The fraction of sp³-hybridized carbons (Fsp3) is 1.00. The highest BCUT2D eigenvalue weighted by molar-refractivity contribution is 4.65. The van der Waals surface area contributed by atoms with E-state index in [0.717, 1.165) is 12.8 Å². The minimum absolute atomic E-state index is 0.0591.